The maximum atomic E-state index is 4.09. The molecule has 0 aliphatic heterocycles. The van der Waals surface area contributed by atoms with Crippen molar-refractivity contribution in [1.82, 2.24) is 10.2 Å². The minimum Gasteiger partial charge on any atom is -0.278 e. The van der Waals surface area contributed by atoms with Crippen molar-refractivity contribution in [3.63, 3.8) is 0 Å². The molecular weight excluding hydrogens is 136 g/mol. The van der Waals surface area contributed by atoms with Crippen molar-refractivity contribution < 1.29 is 0 Å². The first-order chi connectivity index (χ1) is 5.29. The van der Waals surface area contributed by atoms with Crippen LogP contribution in [0.15, 0.2) is 18.2 Å². The lowest BCUT2D eigenvalue weighted by Gasteiger charge is -1.93. The third-order valence-corrected chi connectivity index (χ3v) is 1.86. The molecule has 0 saturated heterocycles. The first kappa shape index (κ1) is 6.40. The van der Waals surface area contributed by atoms with Crippen LogP contribution >= 0.6 is 0 Å². The molecule has 0 fully saturated rings. The van der Waals surface area contributed by atoms with Crippen molar-refractivity contribution in [2.45, 2.75) is 6.92 Å². The summed E-state index contributed by atoms with van der Waals surface area (Å²) in [6.45, 7) is 5.90. The van der Waals surface area contributed by atoms with Gasteiger partial charge in [0.2, 0.25) is 0 Å². The van der Waals surface area contributed by atoms with E-state index in [0.29, 0.717) is 0 Å². The molecule has 0 bridgehead atoms. The quantitative estimate of drug-likeness (QED) is 0.603. The Morgan fingerprint density at radius 2 is 2.27 bits per heavy atom. The normalized spacial score (nSPS) is 10.7. The van der Waals surface area contributed by atoms with Gasteiger partial charge in [0.05, 0.1) is 11.2 Å². The zero-order valence-corrected chi connectivity index (χ0v) is 6.39. The highest BCUT2D eigenvalue weighted by molar-refractivity contribution is 5.85. The van der Waals surface area contributed by atoms with Crippen molar-refractivity contribution in [2.75, 3.05) is 0 Å². The number of hydrogen-bond acceptors (Lipinski definition) is 1. The highest BCUT2D eigenvalue weighted by Crippen LogP contribution is 2.18. The molecule has 11 heavy (non-hydrogen) atoms. The van der Waals surface area contributed by atoms with Crippen molar-refractivity contribution >= 4 is 10.9 Å². The van der Waals surface area contributed by atoms with Crippen LogP contribution < -0.4 is 0 Å². The van der Waals surface area contributed by atoms with Crippen LogP contribution in [0.1, 0.15) is 11.3 Å². The zero-order chi connectivity index (χ0) is 7.84. The van der Waals surface area contributed by atoms with Gasteiger partial charge in [-0.15, -0.1) is 0 Å². The molecule has 0 atom stereocenters. The molecule has 2 heteroatoms. The molecule has 1 radical (unpaired) electrons. The van der Waals surface area contributed by atoms with Crippen molar-refractivity contribution in [1.29, 1.82) is 0 Å². The fraction of sp³-hybridized carbons (Fsp3) is 0.111. The number of nitrogens with one attached hydrogen (secondary N) is 1. The van der Waals surface area contributed by atoms with Crippen LogP contribution in [0.25, 0.3) is 10.9 Å². The van der Waals surface area contributed by atoms with Crippen molar-refractivity contribution in [2.24, 2.45) is 0 Å². The number of nitrogens with zero attached hydrogens (tertiary/aromatic N) is 1. The lowest BCUT2D eigenvalue weighted by atomic mass is 10.1. The standard InChI is InChI=1S/C9H9N2/c1-6-4-3-5-8-9(6)7(2)10-11-8/h3-5H,1H2,2H3,(H,10,11). The smallest absolute Gasteiger partial charge is 0.0672 e. The van der Waals surface area contributed by atoms with Gasteiger partial charge in [-0.25, -0.2) is 0 Å². The minimum atomic E-state index is 1.02. The summed E-state index contributed by atoms with van der Waals surface area (Å²) >= 11 is 0. The van der Waals surface area contributed by atoms with Gasteiger partial charge in [0.1, 0.15) is 0 Å². The van der Waals surface area contributed by atoms with E-state index in [9.17, 15) is 0 Å². The van der Waals surface area contributed by atoms with Crippen LogP contribution in [0.3, 0.4) is 0 Å². The van der Waals surface area contributed by atoms with Crippen LogP contribution in [0.2, 0.25) is 0 Å². The highest BCUT2D eigenvalue weighted by Gasteiger charge is 2.01. The third-order valence-electron chi connectivity index (χ3n) is 1.86. The molecule has 0 spiro atoms. The molecule has 1 aromatic carbocycles. The number of rotatable bonds is 0. The van der Waals surface area contributed by atoms with Crippen LogP contribution in [0.5, 0.6) is 0 Å². The summed E-state index contributed by atoms with van der Waals surface area (Å²) in [5, 5.41) is 8.18. The van der Waals surface area contributed by atoms with E-state index in [-0.39, 0.29) is 0 Å². The number of fused-ring (bicyclic) bond motifs is 1. The number of aryl methyl sites for hydroxylation is 1. The van der Waals surface area contributed by atoms with Crippen LogP contribution in [-0.2, 0) is 0 Å². The SMILES string of the molecule is [CH2]c1cccc2[nH]nc(C)c12. The minimum absolute atomic E-state index is 1.02. The van der Waals surface area contributed by atoms with E-state index in [1.54, 1.807) is 0 Å². The Labute approximate surface area is 65.2 Å². The topological polar surface area (TPSA) is 28.7 Å². The first-order valence-electron chi connectivity index (χ1n) is 3.54. The van der Waals surface area contributed by atoms with Gasteiger partial charge >= 0.3 is 0 Å². The number of aromatic amines is 1. The Morgan fingerprint density at radius 1 is 1.45 bits per heavy atom. The van der Waals surface area contributed by atoms with Crippen LogP contribution in [0.4, 0.5) is 0 Å². The van der Waals surface area contributed by atoms with E-state index in [0.717, 1.165) is 22.2 Å². The third kappa shape index (κ3) is 0.827. The fourth-order valence-corrected chi connectivity index (χ4v) is 1.32. The summed E-state index contributed by atoms with van der Waals surface area (Å²) < 4.78 is 0. The van der Waals surface area contributed by atoms with Gasteiger partial charge in [-0.3, -0.25) is 5.10 Å². The molecule has 2 rings (SSSR count). The van der Waals surface area contributed by atoms with Gasteiger partial charge in [0.25, 0.3) is 0 Å². The Bertz CT molecular complexity index is 387. The Balaban J connectivity index is 2.96. The number of H-pyrrole nitrogens is 1. The molecule has 0 amide bonds. The van der Waals surface area contributed by atoms with Gasteiger partial charge in [-0.1, -0.05) is 12.1 Å². The van der Waals surface area contributed by atoms with E-state index < -0.39 is 0 Å². The molecule has 0 saturated carbocycles. The van der Waals surface area contributed by atoms with E-state index in [1.165, 1.54) is 0 Å². The lowest BCUT2D eigenvalue weighted by Crippen LogP contribution is -1.75. The second-order valence-electron chi connectivity index (χ2n) is 2.65. The average molecular weight is 145 g/mol. The molecule has 0 aliphatic carbocycles. The maximum Gasteiger partial charge on any atom is 0.0672 e. The maximum absolute atomic E-state index is 4.09. The molecule has 1 N–H and O–H groups in total. The van der Waals surface area contributed by atoms with Gasteiger partial charge in [0, 0.05) is 5.39 Å². The first-order valence-corrected chi connectivity index (χ1v) is 3.54. The number of hydrogen-bond donors (Lipinski definition) is 1. The molecule has 1 aromatic heterocycles. The van der Waals surface area contributed by atoms with E-state index >= 15 is 0 Å². The number of benzene rings is 1. The van der Waals surface area contributed by atoms with E-state index in [2.05, 4.69) is 17.1 Å². The predicted molar refractivity (Wildman–Crippen MR) is 45.3 cm³/mol. The summed E-state index contributed by atoms with van der Waals surface area (Å²) in [6, 6.07) is 5.97. The Hall–Kier alpha value is -1.31. The second-order valence-corrected chi connectivity index (χ2v) is 2.65. The number of aromatic nitrogens is 2. The van der Waals surface area contributed by atoms with Gasteiger partial charge in [0.15, 0.2) is 0 Å². The van der Waals surface area contributed by atoms with Gasteiger partial charge in [-0.2, -0.15) is 5.10 Å². The summed E-state index contributed by atoms with van der Waals surface area (Å²) in [5.41, 5.74) is 3.12. The lowest BCUT2D eigenvalue weighted by molar-refractivity contribution is 1.07. The molecule has 0 unspecified atom stereocenters. The second kappa shape index (κ2) is 2.09. The van der Waals surface area contributed by atoms with Crippen molar-refractivity contribution in [3.05, 3.63) is 36.4 Å². The Kier molecular flexibility index (Phi) is 1.22. The summed E-state index contributed by atoms with van der Waals surface area (Å²) in [5.74, 6) is 0. The zero-order valence-electron chi connectivity index (χ0n) is 6.39. The molecule has 2 aromatic rings. The van der Waals surface area contributed by atoms with Crippen LogP contribution in [0, 0.1) is 13.8 Å². The van der Waals surface area contributed by atoms with Gasteiger partial charge in [-0.05, 0) is 25.5 Å². The summed E-state index contributed by atoms with van der Waals surface area (Å²) in [6.07, 6.45) is 0. The largest absolute Gasteiger partial charge is 0.278 e. The summed E-state index contributed by atoms with van der Waals surface area (Å²) in [7, 11) is 0. The molecule has 1 heterocycles. The molecule has 2 nitrogen and oxygen atoms in total. The van der Waals surface area contributed by atoms with Crippen LogP contribution in [-0.4, -0.2) is 10.2 Å². The van der Waals surface area contributed by atoms with Crippen molar-refractivity contribution in [3.8, 4) is 0 Å². The van der Waals surface area contributed by atoms with E-state index in [1.807, 2.05) is 25.1 Å². The average Bonchev–Trinajstić information content (AvgIpc) is 2.34. The fourth-order valence-electron chi connectivity index (χ4n) is 1.32. The molecular formula is C9H9N2. The molecule has 0 aliphatic rings. The summed E-state index contributed by atoms with van der Waals surface area (Å²) in [4.78, 5) is 0. The monoisotopic (exact) mass is 145 g/mol. The van der Waals surface area contributed by atoms with Gasteiger partial charge < -0.3 is 0 Å². The Morgan fingerprint density at radius 3 is 3.00 bits per heavy atom. The molecule has 55 valence electrons. The predicted octanol–water partition coefficient (Wildman–Crippen LogP) is 2.05. The van der Waals surface area contributed by atoms with E-state index in [4.69, 9.17) is 0 Å². The highest BCUT2D eigenvalue weighted by atomic mass is 15.1.